The number of hydrogen-bond acceptors (Lipinski definition) is 3. The Balaban J connectivity index is 2.67. The zero-order valence-corrected chi connectivity index (χ0v) is 14.0. The van der Waals surface area contributed by atoms with Crippen LogP contribution in [0.2, 0.25) is 0 Å². The molecule has 0 aromatic carbocycles. The topological polar surface area (TPSA) is 44.4 Å². The Morgan fingerprint density at radius 3 is 2.65 bits per heavy atom. The number of amides is 1. The minimum Gasteiger partial charge on any atom is -0.350 e. The first-order valence-corrected chi connectivity index (χ1v) is 8.19. The van der Waals surface area contributed by atoms with Gasteiger partial charge >= 0.3 is 0 Å². The second-order valence-electron chi connectivity index (χ2n) is 6.64. The number of rotatable bonds is 7. The highest BCUT2D eigenvalue weighted by atomic mass is 16.2. The highest BCUT2D eigenvalue weighted by Gasteiger charge is 2.30. The van der Waals surface area contributed by atoms with Crippen molar-refractivity contribution in [3.8, 4) is 0 Å². The Morgan fingerprint density at radius 1 is 1.45 bits per heavy atom. The molecule has 1 fully saturated rings. The molecule has 0 spiro atoms. The van der Waals surface area contributed by atoms with Gasteiger partial charge in [0.25, 0.3) is 0 Å². The monoisotopic (exact) mass is 283 g/mol. The van der Waals surface area contributed by atoms with E-state index in [1.54, 1.807) is 0 Å². The second-order valence-corrected chi connectivity index (χ2v) is 6.64. The van der Waals surface area contributed by atoms with Gasteiger partial charge < -0.3 is 10.6 Å². The molecule has 1 saturated heterocycles. The molecule has 1 heterocycles. The van der Waals surface area contributed by atoms with Gasteiger partial charge in [0.2, 0.25) is 5.91 Å². The standard InChI is InChI=1S/C16H33N3O/c1-6-11-19(14-9-8-10-17-12-14)13(3)15(20)18-16(4,5)7-2/h13-14,17H,6-12H2,1-5H3,(H,18,20). The first kappa shape index (κ1) is 17.4. The Kier molecular flexibility index (Phi) is 6.96. The molecule has 1 amide bonds. The van der Waals surface area contributed by atoms with Crippen molar-refractivity contribution >= 4 is 5.91 Å². The molecular formula is C16H33N3O. The van der Waals surface area contributed by atoms with Crippen LogP contribution in [0.4, 0.5) is 0 Å². The average Bonchev–Trinajstić information content (AvgIpc) is 2.44. The molecule has 1 rings (SSSR count). The van der Waals surface area contributed by atoms with Crippen LogP contribution in [0.25, 0.3) is 0 Å². The van der Waals surface area contributed by atoms with Crippen molar-refractivity contribution in [3.63, 3.8) is 0 Å². The minimum absolute atomic E-state index is 0.0503. The van der Waals surface area contributed by atoms with Crippen LogP contribution in [0.1, 0.15) is 60.3 Å². The first-order valence-electron chi connectivity index (χ1n) is 8.19. The molecule has 2 unspecified atom stereocenters. The van der Waals surface area contributed by atoms with Gasteiger partial charge in [0.1, 0.15) is 0 Å². The van der Waals surface area contributed by atoms with E-state index in [0.29, 0.717) is 6.04 Å². The summed E-state index contributed by atoms with van der Waals surface area (Å²) in [4.78, 5) is 14.9. The van der Waals surface area contributed by atoms with Crippen LogP contribution in [0.15, 0.2) is 0 Å². The number of carbonyl (C=O) groups excluding carboxylic acids is 1. The Bertz CT molecular complexity index is 298. The fourth-order valence-corrected chi connectivity index (χ4v) is 2.74. The Labute approximate surface area is 124 Å². The third-order valence-corrected chi connectivity index (χ3v) is 4.44. The number of nitrogens with zero attached hydrogens (tertiary/aromatic N) is 1. The SMILES string of the molecule is CCCN(C1CCCNC1)C(C)C(=O)NC(C)(C)CC. The molecule has 1 aliphatic heterocycles. The quantitative estimate of drug-likeness (QED) is 0.752. The number of nitrogens with one attached hydrogen (secondary N) is 2. The molecule has 0 radical (unpaired) electrons. The van der Waals surface area contributed by atoms with Crippen LogP contribution in [0.3, 0.4) is 0 Å². The minimum atomic E-state index is -0.117. The van der Waals surface area contributed by atoms with E-state index >= 15 is 0 Å². The first-order chi connectivity index (χ1) is 9.41. The van der Waals surface area contributed by atoms with Gasteiger partial charge in [-0.1, -0.05) is 13.8 Å². The molecule has 0 saturated carbocycles. The van der Waals surface area contributed by atoms with Crippen LogP contribution < -0.4 is 10.6 Å². The molecule has 20 heavy (non-hydrogen) atoms. The van der Waals surface area contributed by atoms with E-state index in [2.05, 4.69) is 43.2 Å². The van der Waals surface area contributed by atoms with Crippen molar-refractivity contribution in [2.45, 2.75) is 77.9 Å². The summed E-state index contributed by atoms with van der Waals surface area (Å²) in [5.41, 5.74) is -0.117. The van der Waals surface area contributed by atoms with Gasteiger partial charge in [-0.2, -0.15) is 0 Å². The largest absolute Gasteiger partial charge is 0.350 e. The molecule has 2 atom stereocenters. The third-order valence-electron chi connectivity index (χ3n) is 4.44. The van der Waals surface area contributed by atoms with Crippen LogP contribution in [-0.4, -0.2) is 48.1 Å². The molecule has 0 aromatic heterocycles. The summed E-state index contributed by atoms with van der Waals surface area (Å²) >= 11 is 0. The molecule has 4 heteroatoms. The lowest BCUT2D eigenvalue weighted by Crippen LogP contribution is -2.57. The normalized spacial score (nSPS) is 21.8. The van der Waals surface area contributed by atoms with E-state index < -0.39 is 0 Å². The van der Waals surface area contributed by atoms with Crippen molar-refractivity contribution < 1.29 is 4.79 Å². The van der Waals surface area contributed by atoms with Crippen molar-refractivity contribution in [1.29, 1.82) is 0 Å². The van der Waals surface area contributed by atoms with Crippen molar-refractivity contribution in [2.75, 3.05) is 19.6 Å². The van der Waals surface area contributed by atoms with Gasteiger partial charge in [-0.25, -0.2) is 0 Å². The van der Waals surface area contributed by atoms with Crippen molar-refractivity contribution in [1.82, 2.24) is 15.5 Å². The fraction of sp³-hybridized carbons (Fsp3) is 0.938. The van der Waals surface area contributed by atoms with Crippen LogP contribution in [-0.2, 0) is 4.79 Å². The van der Waals surface area contributed by atoms with Gasteiger partial charge in [0.15, 0.2) is 0 Å². The zero-order chi connectivity index (χ0) is 15.2. The number of hydrogen-bond donors (Lipinski definition) is 2. The molecule has 0 aliphatic carbocycles. The number of carbonyl (C=O) groups is 1. The smallest absolute Gasteiger partial charge is 0.237 e. The molecule has 0 aromatic rings. The van der Waals surface area contributed by atoms with Crippen LogP contribution in [0.5, 0.6) is 0 Å². The van der Waals surface area contributed by atoms with Gasteiger partial charge in [0.05, 0.1) is 6.04 Å². The predicted molar refractivity (Wildman–Crippen MR) is 84.9 cm³/mol. The van der Waals surface area contributed by atoms with Gasteiger partial charge in [-0.15, -0.1) is 0 Å². The molecular weight excluding hydrogens is 250 g/mol. The zero-order valence-electron chi connectivity index (χ0n) is 14.0. The molecule has 1 aliphatic rings. The molecule has 2 N–H and O–H groups in total. The Morgan fingerprint density at radius 2 is 2.15 bits per heavy atom. The summed E-state index contributed by atoms with van der Waals surface area (Å²) in [7, 11) is 0. The van der Waals surface area contributed by atoms with Crippen molar-refractivity contribution in [3.05, 3.63) is 0 Å². The summed E-state index contributed by atoms with van der Waals surface area (Å²) in [6, 6.07) is 0.444. The van der Waals surface area contributed by atoms with E-state index in [1.807, 2.05) is 6.92 Å². The highest BCUT2D eigenvalue weighted by Crippen LogP contribution is 2.16. The summed E-state index contributed by atoms with van der Waals surface area (Å²) < 4.78 is 0. The molecule has 0 bridgehead atoms. The lowest BCUT2D eigenvalue weighted by molar-refractivity contribution is -0.128. The maximum Gasteiger partial charge on any atom is 0.237 e. The van der Waals surface area contributed by atoms with Crippen LogP contribution in [0, 0.1) is 0 Å². The summed E-state index contributed by atoms with van der Waals surface area (Å²) in [5.74, 6) is 0.163. The number of piperidine rings is 1. The van der Waals surface area contributed by atoms with Crippen molar-refractivity contribution in [2.24, 2.45) is 0 Å². The van der Waals surface area contributed by atoms with Crippen LogP contribution >= 0.6 is 0 Å². The van der Waals surface area contributed by atoms with E-state index in [4.69, 9.17) is 0 Å². The molecule has 118 valence electrons. The van der Waals surface area contributed by atoms with E-state index in [-0.39, 0.29) is 17.5 Å². The van der Waals surface area contributed by atoms with E-state index in [9.17, 15) is 4.79 Å². The van der Waals surface area contributed by atoms with E-state index in [1.165, 1.54) is 12.8 Å². The van der Waals surface area contributed by atoms with Gasteiger partial charge in [-0.05, 0) is 59.5 Å². The van der Waals surface area contributed by atoms with Gasteiger partial charge in [0, 0.05) is 18.1 Å². The summed E-state index contributed by atoms with van der Waals surface area (Å²) in [6.07, 6.45) is 4.44. The Hall–Kier alpha value is -0.610. The molecule has 4 nitrogen and oxygen atoms in total. The third kappa shape index (κ3) is 5.06. The lowest BCUT2D eigenvalue weighted by atomic mass is 10.00. The lowest BCUT2D eigenvalue weighted by Gasteiger charge is -2.39. The summed E-state index contributed by atoms with van der Waals surface area (Å²) in [5, 5.41) is 6.64. The maximum absolute atomic E-state index is 12.5. The maximum atomic E-state index is 12.5. The second kappa shape index (κ2) is 7.99. The summed E-state index contributed by atoms with van der Waals surface area (Å²) in [6.45, 7) is 13.6. The average molecular weight is 283 g/mol. The van der Waals surface area contributed by atoms with Gasteiger partial charge in [-0.3, -0.25) is 9.69 Å². The fourth-order valence-electron chi connectivity index (χ4n) is 2.74. The predicted octanol–water partition coefficient (Wildman–Crippen LogP) is 2.14. The van der Waals surface area contributed by atoms with E-state index in [0.717, 1.165) is 32.5 Å². The highest BCUT2D eigenvalue weighted by molar-refractivity contribution is 5.82.